The molecule has 0 bridgehead atoms. The number of thiazole rings is 1. The Hall–Kier alpha value is -5.11. The predicted octanol–water partition coefficient (Wildman–Crippen LogP) is 6.23. The fraction of sp³-hybridized carbons (Fsp3) is 0. The standard InChI is InChI=1S/C29H15N5OS/c30-16-19(17-31)25-21-13-7-8-14-22(21)26(35)23(25)15-24-32-29-27(34(24)20-11-5-2-6-12-20)33-28(36-29)18-9-3-1-4-10-18/h1-15H/b23-15-. The Balaban J connectivity index is 1.61. The number of carbonyl (C=O) groups is 1. The van der Waals surface area contributed by atoms with E-state index in [-0.39, 0.29) is 16.9 Å². The number of allylic oxidation sites excluding steroid dienone is 3. The van der Waals surface area contributed by atoms with Crippen molar-refractivity contribution in [2.75, 3.05) is 0 Å². The Labute approximate surface area is 210 Å². The summed E-state index contributed by atoms with van der Waals surface area (Å²) in [6, 6.07) is 30.5. The predicted molar refractivity (Wildman–Crippen MR) is 139 cm³/mol. The Morgan fingerprint density at radius 2 is 1.47 bits per heavy atom. The number of fused-ring (bicyclic) bond motifs is 2. The minimum atomic E-state index is -0.243. The van der Waals surface area contributed by atoms with E-state index in [9.17, 15) is 15.3 Å². The van der Waals surface area contributed by atoms with Crippen molar-refractivity contribution >= 4 is 39.2 Å². The van der Waals surface area contributed by atoms with Crippen molar-refractivity contribution in [2.24, 2.45) is 0 Å². The zero-order valence-electron chi connectivity index (χ0n) is 18.7. The van der Waals surface area contributed by atoms with Crippen molar-refractivity contribution < 1.29 is 4.79 Å². The number of aromatic nitrogens is 3. The quantitative estimate of drug-likeness (QED) is 0.225. The van der Waals surface area contributed by atoms with Crippen molar-refractivity contribution in [3.8, 4) is 28.4 Å². The minimum Gasteiger partial charge on any atom is -0.289 e. The van der Waals surface area contributed by atoms with E-state index in [4.69, 9.17) is 9.97 Å². The van der Waals surface area contributed by atoms with Crippen LogP contribution in [-0.2, 0) is 0 Å². The van der Waals surface area contributed by atoms with Crippen LogP contribution in [-0.4, -0.2) is 20.3 Å². The van der Waals surface area contributed by atoms with Crippen LogP contribution in [0, 0.1) is 22.7 Å². The SMILES string of the molecule is N#CC(C#N)=C1/C(=C/c2nc3sc(-c4ccccc4)nc3n2-c2ccccc2)C(=O)c2ccccc21. The van der Waals surface area contributed by atoms with Crippen LogP contribution >= 0.6 is 11.3 Å². The number of imidazole rings is 1. The first-order valence-electron chi connectivity index (χ1n) is 11.1. The van der Waals surface area contributed by atoms with E-state index in [1.807, 2.05) is 77.4 Å². The van der Waals surface area contributed by atoms with Crippen LogP contribution in [0.4, 0.5) is 0 Å². The van der Waals surface area contributed by atoms with Crippen LogP contribution in [0.15, 0.2) is 96.1 Å². The largest absolute Gasteiger partial charge is 0.289 e. The second-order valence-electron chi connectivity index (χ2n) is 8.06. The van der Waals surface area contributed by atoms with E-state index in [0.717, 1.165) is 21.1 Å². The monoisotopic (exact) mass is 481 g/mol. The second-order valence-corrected chi connectivity index (χ2v) is 9.04. The molecule has 0 saturated heterocycles. The van der Waals surface area contributed by atoms with Gasteiger partial charge in [0.15, 0.2) is 16.3 Å². The summed E-state index contributed by atoms with van der Waals surface area (Å²) < 4.78 is 1.90. The van der Waals surface area contributed by atoms with Crippen LogP contribution in [0.25, 0.3) is 38.4 Å². The van der Waals surface area contributed by atoms with Gasteiger partial charge in [-0.25, -0.2) is 9.97 Å². The number of nitrogens with zero attached hydrogens (tertiary/aromatic N) is 5. The molecule has 0 amide bonds. The van der Waals surface area contributed by atoms with Crippen LogP contribution in [0.5, 0.6) is 0 Å². The molecule has 5 aromatic rings. The van der Waals surface area contributed by atoms with Gasteiger partial charge < -0.3 is 0 Å². The molecule has 0 aliphatic heterocycles. The highest BCUT2D eigenvalue weighted by Gasteiger charge is 2.33. The Morgan fingerprint density at radius 3 is 2.17 bits per heavy atom. The molecule has 0 saturated carbocycles. The molecule has 0 N–H and O–H groups in total. The lowest BCUT2D eigenvalue weighted by Gasteiger charge is -2.07. The summed E-state index contributed by atoms with van der Waals surface area (Å²) in [5.74, 6) is 0.256. The van der Waals surface area contributed by atoms with Crippen LogP contribution < -0.4 is 0 Å². The molecule has 0 spiro atoms. The Kier molecular flexibility index (Phi) is 5.11. The molecule has 1 aliphatic carbocycles. The number of hydrogen-bond donors (Lipinski definition) is 0. The highest BCUT2D eigenvalue weighted by molar-refractivity contribution is 7.21. The molecule has 0 atom stereocenters. The molecule has 2 aromatic heterocycles. The number of nitriles is 2. The van der Waals surface area contributed by atoms with Crippen molar-refractivity contribution in [1.82, 2.24) is 14.5 Å². The number of carbonyl (C=O) groups excluding carboxylic acids is 1. The maximum atomic E-state index is 13.4. The van der Waals surface area contributed by atoms with Gasteiger partial charge in [-0.15, -0.1) is 0 Å². The molecule has 36 heavy (non-hydrogen) atoms. The molecule has 1 aliphatic rings. The second kappa shape index (κ2) is 8.59. The molecular weight excluding hydrogens is 466 g/mol. The Bertz CT molecular complexity index is 1800. The van der Waals surface area contributed by atoms with Crippen LogP contribution in [0.1, 0.15) is 21.7 Å². The fourth-order valence-corrected chi connectivity index (χ4v) is 5.33. The molecule has 168 valence electrons. The van der Waals surface area contributed by atoms with Crippen molar-refractivity contribution in [2.45, 2.75) is 0 Å². The van der Waals surface area contributed by atoms with Gasteiger partial charge in [-0.2, -0.15) is 10.5 Å². The Morgan fingerprint density at radius 1 is 0.833 bits per heavy atom. The lowest BCUT2D eigenvalue weighted by molar-refractivity contribution is 0.104. The first kappa shape index (κ1) is 21.4. The first-order chi connectivity index (χ1) is 17.7. The summed E-state index contributed by atoms with van der Waals surface area (Å²) in [5, 5.41) is 20.1. The van der Waals surface area contributed by atoms with Crippen LogP contribution in [0.3, 0.4) is 0 Å². The molecule has 0 fully saturated rings. The molecule has 2 heterocycles. The number of benzene rings is 3. The highest BCUT2D eigenvalue weighted by atomic mass is 32.1. The van der Waals surface area contributed by atoms with Gasteiger partial charge in [0.1, 0.15) is 28.5 Å². The van der Waals surface area contributed by atoms with Gasteiger partial charge in [0.2, 0.25) is 0 Å². The van der Waals surface area contributed by atoms with Crippen molar-refractivity contribution in [3.63, 3.8) is 0 Å². The van der Waals surface area contributed by atoms with Gasteiger partial charge in [0.05, 0.1) is 0 Å². The fourth-order valence-electron chi connectivity index (χ4n) is 4.39. The van der Waals surface area contributed by atoms with Crippen LogP contribution in [0.2, 0.25) is 0 Å². The summed E-state index contributed by atoms with van der Waals surface area (Å²) in [6.07, 6.45) is 1.66. The highest BCUT2D eigenvalue weighted by Crippen LogP contribution is 2.40. The number of hydrogen-bond acceptors (Lipinski definition) is 6. The smallest absolute Gasteiger partial charge is 0.194 e. The third-order valence-corrected chi connectivity index (χ3v) is 6.97. The zero-order valence-corrected chi connectivity index (χ0v) is 19.5. The van der Waals surface area contributed by atoms with E-state index < -0.39 is 0 Å². The number of rotatable bonds is 3. The van der Waals surface area contributed by atoms with Gasteiger partial charge in [0.25, 0.3) is 0 Å². The molecule has 7 heteroatoms. The third-order valence-electron chi connectivity index (χ3n) is 5.99. The van der Waals surface area contributed by atoms with Crippen molar-refractivity contribution in [1.29, 1.82) is 10.5 Å². The maximum absolute atomic E-state index is 13.4. The van der Waals surface area contributed by atoms with E-state index in [2.05, 4.69) is 0 Å². The van der Waals surface area contributed by atoms with Gasteiger partial charge in [-0.3, -0.25) is 9.36 Å². The number of ketones is 1. The lowest BCUT2D eigenvalue weighted by atomic mass is 9.99. The average Bonchev–Trinajstić information content (AvgIpc) is 3.57. The molecule has 6 rings (SSSR count). The molecule has 0 unspecified atom stereocenters. The van der Waals surface area contributed by atoms with Gasteiger partial charge in [-0.1, -0.05) is 84.1 Å². The van der Waals surface area contributed by atoms with E-state index in [1.165, 1.54) is 11.3 Å². The van der Waals surface area contributed by atoms with Gasteiger partial charge in [0, 0.05) is 28.0 Å². The summed E-state index contributed by atoms with van der Waals surface area (Å²) in [7, 11) is 0. The summed E-state index contributed by atoms with van der Waals surface area (Å²) in [5.41, 5.74) is 4.05. The number of para-hydroxylation sites is 1. The summed E-state index contributed by atoms with van der Waals surface area (Å²) in [4.78, 5) is 23.9. The summed E-state index contributed by atoms with van der Waals surface area (Å²) in [6.45, 7) is 0. The first-order valence-corrected chi connectivity index (χ1v) is 11.9. The molecule has 0 radical (unpaired) electrons. The molecular formula is C29H15N5OS. The van der Waals surface area contributed by atoms with E-state index >= 15 is 0 Å². The normalized spacial score (nSPS) is 13.6. The molecule has 6 nitrogen and oxygen atoms in total. The topological polar surface area (TPSA) is 95.4 Å². The summed E-state index contributed by atoms with van der Waals surface area (Å²) >= 11 is 1.47. The average molecular weight is 482 g/mol. The maximum Gasteiger partial charge on any atom is 0.194 e. The molecule has 3 aromatic carbocycles. The number of Topliss-reactive ketones (excluding diaryl/α,β-unsaturated/α-hetero) is 1. The third kappa shape index (κ3) is 3.35. The van der Waals surface area contributed by atoms with Crippen molar-refractivity contribution in [3.05, 3.63) is 113 Å². The zero-order chi connectivity index (χ0) is 24.6. The van der Waals surface area contributed by atoms with Gasteiger partial charge in [-0.05, 0) is 23.8 Å². The van der Waals surface area contributed by atoms with E-state index in [0.29, 0.717) is 28.2 Å². The minimum absolute atomic E-state index is 0.108. The van der Waals surface area contributed by atoms with E-state index in [1.54, 1.807) is 30.3 Å². The lowest BCUT2D eigenvalue weighted by Crippen LogP contribution is -2.01. The van der Waals surface area contributed by atoms with Gasteiger partial charge >= 0.3 is 0 Å².